The van der Waals surface area contributed by atoms with E-state index < -0.39 is 12.0 Å². The molecule has 0 amide bonds. The summed E-state index contributed by atoms with van der Waals surface area (Å²) in [5, 5.41) is 0.568. The lowest BCUT2D eigenvalue weighted by Gasteiger charge is -2.15. The molecule has 0 aliphatic rings. The second-order valence-electron chi connectivity index (χ2n) is 4.90. The van der Waals surface area contributed by atoms with Crippen molar-refractivity contribution >= 4 is 27.5 Å². The molecule has 0 saturated heterocycles. The lowest BCUT2D eigenvalue weighted by Crippen LogP contribution is -2.30. The fourth-order valence-corrected chi connectivity index (χ4v) is 2.81. The first-order chi connectivity index (χ1) is 9.43. The Bertz CT molecular complexity index is 687. The van der Waals surface area contributed by atoms with Crippen LogP contribution in [-0.2, 0) is 16.0 Å². The van der Waals surface area contributed by atoms with Gasteiger partial charge in [-0.25, -0.2) is 9.78 Å². The Hall–Kier alpha value is -1.69. The Morgan fingerprint density at radius 2 is 2.15 bits per heavy atom. The molecule has 108 valence electrons. The van der Waals surface area contributed by atoms with Gasteiger partial charge in [0.05, 0.1) is 17.8 Å². The van der Waals surface area contributed by atoms with Gasteiger partial charge in [-0.1, -0.05) is 6.92 Å². The predicted molar refractivity (Wildman–Crippen MR) is 79.2 cm³/mol. The number of rotatable bonds is 4. The summed E-state index contributed by atoms with van der Waals surface area (Å²) >= 11 is 1.51. The van der Waals surface area contributed by atoms with E-state index >= 15 is 0 Å². The van der Waals surface area contributed by atoms with Crippen LogP contribution in [0.25, 0.3) is 10.2 Å². The zero-order valence-corrected chi connectivity index (χ0v) is 12.9. The second-order valence-corrected chi connectivity index (χ2v) is 6.02. The monoisotopic (exact) mass is 294 g/mol. The number of ether oxygens (including phenoxy) is 1. The van der Waals surface area contributed by atoms with Crippen molar-refractivity contribution in [1.29, 1.82) is 0 Å². The Balaban J connectivity index is 2.42. The zero-order chi connectivity index (χ0) is 14.9. The minimum absolute atomic E-state index is 0.195. The highest BCUT2D eigenvalue weighted by molar-refractivity contribution is 7.18. The molecule has 0 saturated carbocycles. The summed E-state index contributed by atoms with van der Waals surface area (Å²) in [4.78, 5) is 30.4. The van der Waals surface area contributed by atoms with Crippen LogP contribution in [0.15, 0.2) is 17.2 Å². The number of carbonyl (C=O) groups excluding carboxylic acids is 1. The Morgan fingerprint density at radius 3 is 2.75 bits per heavy atom. The minimum atomic E-state index is -0.674. The van der Waals surface area contributed by atoms with Crippen LogP contribution in [0.2, 0.25) is 0 Å². The number of fused-ring (bicyclic) bond motifs is 1. The Labute approximate surface area is 121 Å². The third-order valence-corrected chi connectivity index (χ3v) is 4.17. The predicted octanol–water partition coefficient (Wildman–Crippen LogP) is 2.53. The van der Waals surface area contributed by atoms with Gasteiger partial charge in [0.15, 0.2) is 0 Å². The van der Waals surface area contributed by atoms with Gasteiger partial charge in [0.2, 0.25) is 0 Å². The van der Waals surface area contributed by atoms with Gasteiger partial charge in [0.25, 0.3) is 5.56 Å². The molecule has 0 aliphatic heterocycles. The van der Waals surface area contributed by atoms with Crippen molar-refractivity contribution in [3.63, 3.8) is 0 Å². The topological polar surface area (TPSA) is 61.2 Å². The van der Waals surface area contributed by atoms with E-state index in [0.717, 1.165) is 11.3 Å². The Morgan fingerprint density at radius 1 is 1.45 bits per heavy atom. The standard InChI is InChI=1S/C14H18N2O3S/c1-5-10-6-11-12(20-10)15-7-16(13(11)17)9(4)14(18)19-8(2)3/h6-9H,5H2,1-4H3. The van der Waals surface area contributed by atoms with E-state index in [0.29, 0.717) is 10.2 Å². The third kappa shape index (κ3) is 2.75. The van der Waals surface area contributed by atoms with E-state index in [4.69, 9.17) is 4.74 Å². The smallest absolute Gasteiger partial charge is 0.329 e. The molecule has 5 nitrogen and oxygen atoms in total. The fraction of sp³-hybridized carbons (Fsp3) is 0.500. The highest BCUT2D eigenvalue weighted by Gasteiger charge is 2.20. The molecule has 2 aromatic heterocycles. The second kappa shape index (κ2) is 5.75. The van der Waals surface area contributed by atoms with Crippen molar-refractivity contribution in [3.05, 3.63) is 27.6 Å². The van der Waals surface area contributed by atoms with Gasteiger partial charge in [-0.2, -0.15) is 0 Å². The van der Waals surface area contributed by atoms with Crippen LogP contribution in [0, 0.1) is 0 Å². The summed E-state index contributed by atoms with van der Waals surface area (Å²) in [6.07, 6.45) is 2.09. The molecule has 0 bridgehead atoms. The lowest BCUT2D eigenvalue weighted by atomic mass is 10.3. The van der Waals surface area contributed by atoms with Crippen LogP contribution in [0.5, 0.6) is 0 Å². The summed E-state index contributed by atoms with van der Waals surface area (Å²) in [6.45, 7) is 7.24. The fourth-order valence-electron chi connectivity index (χ4n) is 1.88. The SMILES string of the molecule is CCc1cc2c(=O)n(C(C)C(=O)OC(C)C)cnc2s1. The molecule has 1 unspecified atom stereocenters. The van der Waals surface area contributed by atoms with Gasteiger partial charge in [0.1, 0.15) is 10.9 Å². The molecule has 2 heterocycles. The third-order valence-electron chi connectivity index (χ3n) is 2.99. The highest BCUT2D eigenvalue weighted by atomic mass is 32.1. The molecule has 0 fully saturated rings. The maximum absolute atomic E-state index is 12.4. The Kier molecular flexibility index (Phi) is 4.23. The van der Waals surface area contributed by atoms with Crippen molar-refractivity contribution < 1.29 is 9.53 Å². The zero-order valence-electron chi connectivity index (χ0n) is 12.0. The first kappa shape index (κ1) is 14.7. The number of aromatic nitrogens is 2. The van der Waals surface area contributed by atoms with Crippen LogP contribution in [-0.4, -0.2) is 21.6 Å². The van der Waals surface area contributed by atoms with Crippen molar-refractivity contribution in [2.45, 2.75) is 46.3 Å². The van der Waals surface area contributed by atoms with Crippen molar-refractivity contribution in [2.24, 2.45) is 0 Å². The van der Waals surface area contributed by atoms with Gasteiger partial charge < -0.3 is 4.74 Å². The van der Waals surface area contributed by atoms with Gasteiger partial charge in [-0.15, -0.1) is 11.3 Å². The molecule has 2 aromatic rings. The van der Waals surface area contributed by atoms with Crippen LogP contribution in [0.1, 0.15) is 38.6 Å². The number of carbonyl (C=O) groups is 1. The number of esters is 1. The first-order valence-electron chi connectivity index (χ1n) is 6.64. The molecule has 2 rings (SSSR count). The van der Waals surface area contributed by atoms with Crippen LogP contribution < -0.4 is 5.56 Å². The molecule has 0 N–H and O–H groups in total. The molecule has 0 spiro atoms. The van der Waals surface area contributed by atoms with E-state index in [1.807, 2.05) is 13.0 Å². The van der Waals surface area contributed by atoms with Crippen molar-refractivity contribution in [1.82, 2.24) is 9.55 Å². The molecule has 6 heteroatoms. The summed E-state index contributed by atoms with van der Waals surface area (Å²) in [7, 11) is 0. The summed E-state index contributed by atoms with van der Waals surface area (Å²) in [5.41, 5.74) is -0.195. The largest absolute Gasteiger partial charge is 0.461 e. The van der Waals surface area contributed by atoms with Crippen molar-refractivity contribution in [2.75, 3.05) is 0 Å². The molecular formula is C14H18N2O3S. The van der Waals surface area contributed by atoms with Crippen LogP contribution in [0.4, 0.5) is 0 Å². The first-order valence-corrected chi connectivity index (χ1v) is 7.45. The normalized spacial score (nSPS) is 12.8. The number of aryl methyl sites for hydroxylation is 1. The average molecular weight is 294 g/mol. The summed E-state index contributed by atoms with van der Waals surface area (Å²) in [6, 6.07) is 1.18. The lowest BCUT2D eigenvalue weighted by molar-refractivity contribution is -0.151. The maximum atomic E-state index is 12.4. The number of thiophene rings is 1. The molecule has 1 atom stereocenters. The van der Waals surface area contributed by atoms with Crippen LogP contribution >= 0.6 is 11.3 Å². The number of hydrogen-bond donors (Lipinski definition) is 0. The van der Waals surface area contributed by atoms with E-state index in [2.05, 4.69) is 4.98 Å². The number of nitrogens with zero attached hydrogens (tertiary/aromatic N) is 2. The minimum Gasteiger partial charge on any atom is -0.461 e. The summed E-state index contributed by atoms with van der Waals surface area (Å²) < 4.78 is 6.47. The van der Waals surface area contributed by atoms with Crippen molar-refractivity contribution in [3.8, 4) is 0 Å². The van der Waals surface area contributed by atoms with Crippen LogP contribution in [0.3, 0.4) is 0 Å². The maximum Gasteiger partial charge on any atom is 0.329 e. The average Bonchev–Trinajstić information content (AvgIpc) is 2.81. The van der Waals surface area contributed by atoms with Gasteiger partial charge in [-0.3, -0.25) is 9.36 Å². The van der Waals surface area contributed by atoms with E-state index in [-0.39, 0.29) is 11.7 Å². The van der Waals surface area contributed by atoms with E-state index in [9.17, 15) is 9.59 Å². The highest BCUT2D eigenvalue weighted by Crippen LogP contribution is 2.21. The van der Waals surface area contributed by atoms with Gasteiger partial charge in [-0.05, 0) is 33.3 Å². The molecule has 0 aromatic carbocycles. The summed E-state index contributed by atoms with van der Waals surface area (Å²) in [5.74, 6) is -0.422. The molecule has 0 aliphatic carbocycles. The quantitative estimate of drug-likeness (QED) is 0.813. The molecule has 20 heavy (non-hydrogen) atoms. The van der Waals surface area contributed by atoms with Gasteiger partial charge >= 0.3 is 5.97 Å². The number of hydrogen-bond acceptors (Lipinski definition) is 5. The molecule has 0 radical (unpaired) electrons. The molecular weight excluding hydrogens is 276 g/mol. The van der Waals surface area contributed by atoms with E-state index in [1.165, 1.54) is 22.2 Å². The van der Waals surface area contributed by atoms with Gasteiger partial charge in [0, 0.05) is 4.88 Å². The van der Waals surface area contributed by atoms with E-state index in [1.54, 1.807) is 20.8 Å².